The number of hydrogen-bond donors (Lipinski definition) is 0. The number of fused-ring (bicyclic) bond motifs is 4. The summed E-state index contributed by atoms with van der Waals surface area (Å²) >= 11 is 2.21. The predicted octanol–water partition coefficient (Wildman–Crippen LogP) is 8.56. The van der Waals surface area contributed by atoms with Crippen LogP contribution in [-0.4, -0.2) is 23.0 Å². The molecule has 0 radical (unpaired) electrons. The number of rotatable bonds is 3. The fraction of sp³-hybridized carbons (Fsp3) is 0.419. The molecule has 7 atom stereocenters. The summed E-state index contributed by atoms with van der Waals surface area (Å²) in [6.45, 7) is 7.65. The molecule has 0 amide bonds. The van der Waals surface area contributed by atoms with Gasteiger partial charge in [-0.3, -0.25) is 0 Å². The zero-order chi connectivity index (χ0) is 22.9. The summed E-state index contributed by atoms with van der Waals surface area (Å²) in [4.78, 5) is 1.55. The zero-order valence-electron chi connectivity index (χ0n) is 20.5. The lowest BCUT2D eigenvalue weighted by Gasteiger charge is -2.49. The van der Waals surface area contributed by atoms with Crippen LogP contribution in [0.1, 0.15) is 48.6 Å². The highest BCUT2D eigenvalue weighted by Crippen LogP contribution is 2.73. The fourth-order valence-electron chi connectivity index (χ4n) is 7.76. The van der Waals surface area contributed by atoms with Gasteiger partial charge in [-0.2, -0.15) is 0 Å². The van der Waals surface area contributed by atoms with E-state index in [-0.39, 0.29) is 0 Å². The molecule has 7 unspecified atom stereocenters. The minimum atomic E-state index is -0.875. The standard InChI is InChI=1S/C31H36S2/c1-19-18-26-23(22-12-7-6-8-13-22)15-11-16-24(26)30(19)33(4,5)31-21(3)20(2)28-25-14-9-10-17-27(25)32-29(28)31/h6-17,19-21,28-31H,18H2,1-5H3. The third-order valence-electron chi connectivity index (χ3n) is 9.14. The van der Waals surface area contributed by atoms with Crippen LogP contribution in [0.4, 0.5) is 0 Å². The van der Waals surface area contributed by atoms with Gasteiger partial charge in [0, 0.05) is 26.6 Å². The zero-order valence-corrected chi connectivity index (χ0v) is 22.1. The lowest BCUT2D eigenvalue weighted by molar-refractivity contribution is 0.424. The average Bonchev–Trinajstić information content (AvgIpc) is 3.43. The molecule has 0 saturated heterocycles. The van der Waals surface area contributed by atoms with Gasteiger partial charge in [-0.1, -0.05) is 87.5 Å². The van der Waals surface area contributed by atoms with E-state index in [0.717, 1.165) is 28.3 Å². The second kappa shape index (κ2) is 7.95. The molecular formula is C31H36S2. The molecule has 0 nitrogen and oxygen atoms in total. The maximum absolute atomic E-state index is 2.69. The molecule has 3 aliphatic rings. The number of benzene rings is 3. The van der Waals surface area contributed by atoms with Crippen LogP contribution >= 0.6 is 21.8 Å². The number of thioether (sulfide) groups is 1. The van der Waals surface area contributed by atoms with E-state index >= 15 is 0 Å². The second-order valence-electron chi connectivity index (χ2n) is 11.2. The van der Waals surface area contributed by atoms with Crippen molar-refractivity contribution >= 4 is 21.8 Å². The monoisotopic (exact) mass is 472 g/mol. The smallest absolute Gasteiger partial charge is 0.0273 e. The van der Waals surface area contributed by atoms with Crippen molar-refractivity contribution in [2.24, 2.45) is 17.8 Å². The van der Waals surface area contributed by atoms with Gasteiger partial charge in [-0.15, -0.1) is 11.8 Å². The van der Waals surface area contributed by atoms with Crippen LogP contribution in [0.15, 0.2) is 77.7 Å². The van der Waals surface area contributed by atoms with Gasteiger partial charge in [-0.25, -0.2) is 10.0 Å². The summed E-state index contributed by atoms with van der Waals surface area (Å²) in [6, 6.07) is 27.5. The van der Waals surface area contributed by atoms with Gasteiger partial charge in [0.05, 0.1) is 0 Å². The molecule has 1 fully saturated rings. The van der Waals surface area contributed by atoms with Crippen LogP contribution in [-0.2, 0) is 6.42 Å². The molecular weight excluding hydrogens is 436 g/mol. The summed E-state index contributed by atoms with van der Waals surface area (Å²) in [5.74, 6) is 2.98. The van der Waals surface area contributed by atoms with Crippen molar-refractivity contribution in [3.8, 4) is 11.1 Å². The van der Waals surface area contributed by atoms with Crippen LogP contribution in [0.25, 0.3) is 11.1 Å². The SMILES string of the molecule is CC1Cc2c(-c3ccccc3)cccc2C1S(C)(C)C1C(C)C(C)C2c3ccccc3SC21. The lowest BCUT2D eigenvalue weighted by Crippen LogP contribution is -2.33. The highest BCUT2D eigenvalue weighted by molar-refractivity contribution is 8.33. The molecule has 172 valence electrons. The quantitative estimate of drug-likeness (QED) is 0.368. The van der Waals surface area contributed by atoms with E-state index in [1.54, 1.807) is 21.6 Å². The normalized spacial score (nSPS) is 32.9. The van der Waals surface area contributed by atoms with E-state index in [0.29, 0.717) is 11.2 Å². The Morgan fingerprint density at radius 3 is 2.24 bits per heavy atom. The third-order valence-corrected chi connectivity index (χ3v) is 14.9. The van der Waals surface area contributed by atoms with E-state index in [9.17, 15) is 0 Å². The maximum atomic E-state index is 2.69. The fourth-order valence-corrected chi connectivity index (χ4v) is 15.2. The van der Waals surface area contributed by atoms with Gasteiger partial charge in [0.1, 0.15) is 0 Å². The molecule has 2 aliphatic carbocycles. The summed E-state index contributed by atoms with van der Waals surface area (Å²) < 4.78 is 0. The summed E-state index contributed by atoms with van der Waals surface area (Å²) in [5.41, 5.74) is 7.76. The van der Waals surface area contributed by atoms with Crippen LogP contribution in [0.2, 0.25) is 0 Å². The summed E-state index contributed by atoms with van der Waals surface area (Å²) in [5, 5.41) is 2.23. The Kier molecular flexibility index (Phi) is 5.27. The average molecular weight is 473 g/mol. The minimum Gasteiger partial charge on any atom is -0.235 e. The predicted molar refractivity (Wildman–Crippen MR) is 148 cm³/mol. The molecule has 0 spiro atoms. The summed E-state index contributed by atoms with van der Waals surface area (Å²) in [6.07, 6.45) is 6.61. The third kappa shape index (κ3) is 3.20. The first-order chi connectivity index (χ1) is 15.9. The van der Waals surface area contributed by atoms with E-state index in [4.69, 9.17) is 0 Å². The number of hydrogen-bond acceptors (Lipinski definition) is 1. The Morgan fingerprint density at radius 2 is 1.45 bits per heavy atom. The molecule has 1 aliphatic heterocycles. The molecule has 1 heterocycles. The Balaban J connectivity index is 1.41. The van der Waals surface area contributed by atoms with Crippen LogP contribution in [0.5, 0.6) is 0 Å². The van der Waals surface area contributed by atoms with E-state index in [2.05, 4.69) is 118 Å². The Hall–Kier alpha value is -1.64. The molecule has 3 aromatic carbocycles. The van der Waals surface area contributed by atoms with Crippen molar-refractivity contribution < 1.29 is 0 Å². The topological polar surface area (TPSA) is 0 Å². The molecule has 0 aromatic heterocycles. The van der Waals surface area contributed by atoms with Crippen molar-refractivity contribution in [2.75, 3.05) is 12.5 Å². The lowest BCUT2D eigenvalue weighted by atomic mass is 9.87. The molecule has 6 rings (SSSR count). The van der Waals surface area contributed by atoms with Gasteiger partial charge >= 0.3 is 0 Å². The van der Waals surface area contributed by atoms with Gasteiger partial charge in [0.25, 0.3) is 0 Å². The summed E-state index contributed by atoms with van der Waals surface area (Å²) in [7, 11) is -0.875. The molecule has 2 heteroatoms. The van der Waals surface area contributed by atoms with Gasteiger partial charge < -0.3 is 0 Å². The van der Waals surface area contributed by atoms with Crippen LogP contribution in [0, 0.1) is 17.8 Å². The van der Waals surface area contributed by atoms with Crippen molar-refractivity contribution in [2.45, 2.75) is 53.8 Å². The van der Waals surface area contributed by atoms with Gasteiger partial charge in [0.2, 0.25) is 0 Å². The van der Waals surface area contributed by atoms with E-state index in [1.165, 1.54) is 17.5 Å². The Labute approximate surface area is 205 Å². The van der Waals surface area contributed by atoms with Gasteiger partial charge in [-0.05, 0) is 70.6 Å². The molecule has 1 saturated carbocycles. The van der Waals surface area contributed by atoms with Crippen LogP contribution < -0.4 is 0 Å². The highest BCUT2D eigenvalue weighted by atomic mass is 32.3. The second-order valence-corrected chi connectivity index (χ2v) is 16.4. The van der Waals surface area contributed by atoms with E-state index < -0.39 is 10.0 Å². The maximum Gasteiger partial charge on any atom is 0.0273 e. The van der Waals surface area contributed by atoms with Crippen molar-refractivity contribution in [1.82, 2.24) is 0 Å². The molecule has 0 bridgehead atoms. The van der Waals surface area contributed by atoms with Gasteiger partial charge in [0.15, 0.2) is 0 Å². The Morgan fingerprint density at radius 1 is 0.758 bits per heavy atom. The van der Waals surface area contributed by atoms with E-state index in [1.807, 2.05) is 0 Å². The highest BCUT2D eigenvalue weighted by Gasteiger charge is 2.57. The van der Waals surface area contributed by atoms with Crippen molar-refractivity contribution in [3.63, 3.8) is 0 Å². The van der Waals surface area contributed by atoms with Crippen molar-refractivity contribution in [3.05, 3.63) is 89.5 Å². The molecule has 3 aromatic rings. The minimum absolute atomic E-state index is 0.693. The van der Waals surface area contributed by atoms with Crippen LogP contribution in [0.3, 0.4) is 0 Å². The van der Waals surface area contributed by atoms with Crippen molar-refractivity contribution in [1.29, 1.82) is 0 Å². The Bertz CT molecular complexity index is 1180. The molecule has 0 N–H and O–H groups in total. The first-order valence-corrected chi connectivity index (χ1v) is 16.0. The first-order valence-electron chi connectivity index (χ1n) is 12.5. The first kappa shape index (κ1) is 21.9. The largest absolute Gasteiger partial charge is 0.235 e. The molecule has 33 heavy (non-hydrogen) atoms.